The Bertz CT molecular complexity index is 1050. The lowest BCUT2D eigenvalue weighted by Gasteiger charge is -2.23. The zero-order valence-corrected chi connectivity index (χ0v) is 17.7. The van der Waals surface area contributed by atoms with E-state index in [0.29, 0.717) is 26.6 Å². The highest BCUT2D eigenvalue weighted by Crippen LogP contribution is 2.31. The van der Waals surface area contributed by atoms with Gasteiger partial charge in [-0.3, -0.25) is 4.79 Å². The minimum Gasteiger partial charge on any atom is -0.495 e. The van der Waals surface area contributed by atoms with Gasteiger partial charge < -0.3 is 15.0 Å². The van der Waals surface area contributed by atoms with E-state index in [-0.39, 0.29) is 30.4 Å². The summed E-state index contributed by atoms with van der Waals surface area (Å²) in [6.07, 6.45) is 0.198. The lowest BCUT2D eigenvalue weighted by Crippen LogP contribution is -2.33. The van der Waals surface area contributed by atoms with Crippen LogP contribution < -0.4 is 15.0 Å². The molecule has 1 amide bonds. The second-order valence-electron chi connectivity index (χ2n) is 5.89. The van der Waals surface area contributed by atoms with Gasteiger partial charge >= 0.3 is 0 Å². The maximum atomic E-state index is 13.8. The Hall–Kier alpha value is -3.16. The zero-order valence-electron chi connectivity index (χ0n) is 16.0. The first-order valence-corrected chi connectivity index (χ1v) is 10.7. The molecular formula is C20H18FN5O2S2. The van der Waals surface area contributed by atoms with E-state index in [1.54, 1.807) is 30.3 Å². The van der Waals surface area contributed by atoms with Gasteiger partial charge in [-0.15, -0.1) is 10.2 Å². The number of amides is 1. The van der Waals surface area contributed by atoms with E-state index in [2.05, 4.69) is 21.6 Å². The average molecular weight is 444 g/mol. The van der Waals surface area contributed by atoms with E-state index in [0.717, 1.165) is 0 Å². The first kappa shape index (κ1) is 21.5. The molecule has 3 aromatic rings. The standard InChI is InChI=1S/C20H18FN5O2S2/c1-28-17-10-5-4-9-16(17)26(12-6-11-22)18(27)13-29-20-25-24-19(30-20)23-15-8-3-2-7-14(15)21/h2-5,7-10H,6,12-13H2,1H3,(H,23,24). The quantitative estimate of drug-likeness (QED) is 0.488. The fourth-order valence-electron chi connectivity index (χ4n) is 2.59. The van der Waals surface area contributed by atoms with Crippen molar-refractivity contribution in [3.05, 3.63) is 54.3 Å². The van der Waals surface area contributed by atoms with Gasteiger partial charge in [0.2, 0.25) is 11.0 Å². The number of carbonyl (C=O) groups is 1. The van der Waals surface area contributed by atoms with Crippen LogP contribution in [0.25, 0.3) is 0 Å². The molecule has 30 heavy (non-hydrogen) atoms. The third-order valence-electron chi connectivity index (χ3n) is 3.97. The molecule has 0 spiro atoms. The van der Waals surface area contributed by atoms with Crippen molar-refractivity contribution in [1.82, 2.24) is 10.2 Å². The second kappa shape index (κ2) is 10.6. The van der Waals surface area contributed by atoms with Gasteiger partial charge in [0.15, 0.2) is 4.34 Å². The third-order valence-corrected chi connectivity index (χ3v) is 5.92. The summed E-state index contributed by atoms with van der Waals surface area (Å²) in [7, 11) is 1.53. The molecule has 7 nitrogen and oxygen atoms in total. The lowest BCUT2D eigenvalue weighted by atomic mass is 10.2. The number of carbonyl (C=O) groups excluding carboxylic acids is 1. The highest BCUT2D eigenvalue weighted by atomic mass is 32.2. The summed E-state index contributed by atoms with van der Waals surface area (Å²) in [6, 6.07) is 15.5. The number of rotatable bonds is 9. The van der Waals surface area contributed by atoms with Gasteiger partial charge in [0.1, 0.15) is 11.6 Å². The van der Waals surface area contributed by atoms with E-state index >= 15 is 0 Å². The van der Waals surface area contributed by atoms with Crippen LogP contribution in [0.4, 0.5) is 20.9 Å². The Morgan fingerprint density at radius 3 is 2.80 bits per heavy atom. The molecule has 0 aliphatic heterocycles. The normalized spacial score (nSPS) is 10.3. The smallest absolute Gasteiger partial charge is 0.237 e. The summed E-state index contributed by atoms with van der Waals surface area (Å²) in [5.74, 6) is 0.0966. The van der Waals surface area contributed by atoms with Crippen molar-refractivity contribution in [2.75, 3.05) is 29.6 Å². The Morgan fingerprint density at radius 2 is 2.03 bits per heavy atom. The fourth-order valence-corrected chi connectivity index (χ4v) is 4.23. The van der Waals surface area contributed by atoms with Crippen LogP contribution in [0.1, 0.15) is 6.42 Å². The van der Waals surface area contributed by atoms with Crippen LogP contribution in [-0.4, -0.2) is 35.5 Å². The van der Waals surface area contributed by atoms with Crippen LogP contribution in [0.5, 0.6) is 5.75 Å². The van der Waals surface area contributed by atoms with Gasteiger partial charge in [0.05, 0.1) is 36.7 Å². The number of benzene rings is 2. The Kier molecular flexibility index (Phi) is 7.59. The van der Waals surface area contributed by atoms with E-state index in [9.17, 15) is 9.18 Å². The number of nitrogens with one attached hydrogen (secondary N) is 1. The van der Waals surface area contributed by atoms with Gasteiger partial charge in [-0.2, -0.15) is 5.26 Å². The molecule has 0 aliphatic carbocycles. The van der Waals surface area contributed by atoms with E-state index < -0.39 is 0 Å². The molecule has 0 bridgehead atoms. The van der Waals surface area contributed by atoms with E-state index in [4.69, 9.17) is 10.00 Å². The first-order valence-electron chi connectivity index (χ1n) is 8.90. The number of ether oxygens (including phenoxy) is 1. The van der Waals surface area contributed by atoms with Crippen LogP contribution >= 0.6 is 23.1 Å². The summed E-state index contributed by atoms with van der Waals surface area (Å²) < 4.78 is 19.7. The molecule has 0 fully saturated rings. The van der Waals surface area contributed by atoms with Crippen molar-refractivity contribution < 1.29 is 13.9 Å². The number of para-hydroxylation sites is 3. The molecule has 2 aromatic carbocycles. The summed E-state index contributed by atoms with van der Waals surface area (Å²) in [4.78, 5) is 14.4. The molecule has 0 unspecified atom stereocenters. The van der Waals surface area contributed by atoms with Gasteiger partial charge in [-0.1, -0.05) is 47.4 Å². The van der Waals surface area contributed by atoms with Crippen molar-refractivity contribution in [3.63, 3.8) is 0 Å². The van der Waals surface area contributed by atoms with Crippen LogP contribution in [0.15, 0.2) is 52.9 Å². The van der Waals surface area contributed by atoms with Crippen molar-refractivity contribution in [1.29, 1.82) is 5.26 Å². The number of halogens is 1. The topological polar surface area (TPSA) is 91.1 Å². The summed E-state index contributed by atoms with van der Waals surface area (Å²) in [5, 5.41) is 20.3. The highest BCUT2D eigenvalue weighted by Gasteiger charge is 2.20. The molecule has 0 radical (unpaired) electrons. The summed E-state index contributed by atoms with van der Waals surface area (Å²) in [5.41, 5.74) is 0.917. The molecule has 1 aromatic heterocycles. The summed E-state index contributed by atoms with van der Waals surface area (Å²) >= 11 is 2.46. The lowest BCUT2D eigenvalue weighted by molar-refractivity contribution is -0.116. The van der Waals surface area contributed by atoms with Gasteiger partial charge in [0.25, 0.3) is 0 Å². The van der Waals surface area contributed by atoms with Gasteiger partial charge in [0, 0.05) is 6.54 Å². The van der Waals surface area contributed by atoms with Gasteiger partial charge in [-0.05, 0) is 24.3 Å². The first-order chi connectivity index (χ1) is 14.6. The Balaban J connectivity index is 1.66. The monoisotopic (exact) mass is 443 g/mol. The molecule has 1 heterocycles. The minimum atomic E-state index is -0.387. The maximum Gasteiger partial charge on any atom is 0.237 e. The Labute approximate surface area is 181 Å². The zero-order chi connectivity index (χ0) is 21.3. The number of aromatic nitrogens is 2. The van der Waals surface area contributed by atoms with Crippen molar-refractivity contribution in [3.8, 4) is 11.8 Å². The fraction of sp³-hybridized carbons (Fsp3) is 0.200. The molecular weight excluding hydrogens is 425 g/mol. The molecule has 0 aliphatic rings. The molecule has 10 heteroatoms. The molecule has 1 N–H and O–H groups in total. The number of methoxy groups -OCH3 is 1. The number of hydrogen-bond donors (Lipinski definition) is 1. The van der Waals surface area contributed by atoms with Crippen molar-refractivity contribution >= 4 is 45.5 Å². The van der Waals surface area contributed by atoms with Crippen molar-refractivity contribution in [2.24, 2.45) is 0 Å². The molecule has 154 valence electrons. The Morgan fingerprint density at radius 1 is 1.27 bits per heavy atom. The SMILES string of the molecule is COc1ccccc1N(CCC#N)C(=O)CSc1nnc(Nc2ccccc2F)s1. The molecule has 0 saturated heterocycles. The van der Waals surface area contributed by atoms with E-state index in [1.165, 1.54) is 41.2 Å². The number of thioether (sulfide) groups is 1. The molecule has 0 saturated carbocycles. The maximum absolute atomic E-state index is 13.8. The second-order valence-corrected chi connectivity index (χ2v) is 8.09. The third kappa shape index (κ3) is 5.46. The highest BCUT2D eigenvalue weighted by molar-refractivity contribution is 8.01. The minimum absolute atomic E-state index is 0.109. The predicted octanol–water partition coefficient (Wildman–Crippen LogP) is 4.47. The van der Waals surface area contributed by atoms with Crippen molar-refractivity contribution in [2.45, 2.75) is 10.8 Å². The van der Waals surface area contributed by atoms with Crippen LogP contribution in [0.3, 0.4) is 0 Å². The van der Waals surface area contributed by atoms with Crippen LogP contribution in [0, 0.1) is 17.1 Å². The van der Waals surface area contributed by atoms with Crippen LogP contribution in [-0.2, 0) is 4.79 Å². The number of hydrogen-bond acceptors (Lipinski definition) is 8. The number of nitrogens with zero attached hydrogens (tertiary/aromatic N) is 4. The number of nitriles is 1. The largest absolute Gasteiger partial charge is 0.495 e. The summed E-state index contributed by atoms with van der Waals surface area (Å²) in [6.45, 7) is 0.256. The average Bonchev–Trinajstić information content (AvgIpc) is 3.22. The van der Waals surface area contributed by atoms with E-state index in [1.807, 2.05) is 12.1 Å². The predicted molar refractivity (Wildman–Crippen MR) is 116 cm³/mol. The molecule has 3 rings (SSSR count). The molecule has 0 atom stereocenters. The van der Waals surface area contributed by atoms with Gasteiger partial charge in [-0.25, -0.2) is 4.39 Å². The number of anilines is 3. The van der Waals surface area contributed by atoms with Crippen LogP contribution in [0.2, 0.25) is 0 Å².